The molecule has 0 N–H and O–H groups in total. The molecule has 2 aromatic carbocycles. The summed E-state index contributed by atoms with van der Waals surface area (Å²) in [5, 5.41) is 2.05. The van der Waals surface area contributed by atoms with E-state index in [1.807, 2.05) is 12.3 Å². The molecule has 0 atom stereocenters. The second-order valence-corrected chi connectivity index (χ2v) is 7.71. The van der Waals surface area contributed by atoms with Gasteiger partial charge in [0.1, 0.15) is 0 Å². The minimum absolute atomic E-state index is 0.259. The Morgan fingerprint density at radius 2 is 1.69 bits per heavy atom. The van der Waals surface area contributed by atoms with Crippen LogP contribution in [0.15, 0.2) is 36.5 Å². The molecule has 0 spiro atoms. The third-order valence-corrected chi connectivity index (χ3v) is 5.41. The van der Waals surface area contributed by atoms with Crippen molar-refractivity contribution in [3.63, 3.8) is 0 Å². The Labute approximate surface area is 170 Å². The van der Waals surface area contributed by atoms with Gasteiger partial charge in [-0.25, -0.2) is 0 Å². The van der Waals surface area contributed by atoms with E-state index >= 15 is 0 Å². The number of aromatic nitrogens is 1. The fourth-order valence-corrected chi connectivity index (χ4v) is 3.91. The van der Waals surface area contributed by atoms with E-state index in [2.05, 4.69) is 43.3 Å². The van der Waals surface area contributed by atoms with E-state index in [0.717, 1.165) is 70.8 Å². The van der Waals surface area contributed by atoms with E-state index in [0.29, 0.717) is 0 Å². The molecule has 0 saturated heterocycles. The number of rotatable bonds is 6. The summed E-state index contributed by atoms with van der Waals surface area (Å²) in [5.74, 6) is 3.15. The van der Waals surface area contributed by atoms with Crippen LogP contribution in [0.5, 0.6) is 23.0 Å². The van der Waals surface area contributed by atoms with E-state index < -0.39 is 0 Å². The third kappa shape index (κ3) is 3.44. The van der Waals surface area contributed by atoms with E-state index in [4.69, 9.17) is 23.9 Å². The predicted octanol–water partition coefficient (Wildman–Crippen LogP) is 4.24. The number of nitrogens with zero attached hydrogens (tertiary/aromatic N) is 2. The Balaban J connectivity index is 1.51. The van der Waals surface area contributed by atoms with Crippen molar-refractivity contribution in [3.05, 3.63) is 42.1 Å². The number of ether oxygens (including phenoxy) is 4. The lowest BCUT2D eigenvalue weighted by atomic mass is 9.97. The van der Waals surface area contributed by atoms with Crippen LogP contribution in [0.1, 0.15) is 18.4 Å². The second-order valence-electron chi connectivity index (χ2n) is 7.71. The Morgan fingerprint density at radius 1 is 0.897 bits per heavy atom. The highest BCUT2D eigenvalue weighted by Gasteiger charge is 2.21. The van der Waals surface area contributed by atoms with Gasteiger partial charge in [0.05, 0.1) is 5.69 Å². The molecule has 0 bridgehead atoms. The predicted molar refractivity (Wildman–Crippen MR) is 111 cm³/mol. The Morgan fingerprint density at radius 3 is 2.55 bits per heavy atom. The molecule has 0 radical (unpaired) electrons. The number of benzene rings is 2. The molecule has 0 fully saturated rings. The SMILES string of the molecule is CN(C)CCCCc1cc2c(cc1-c1cc3ccc4c(c3cn1)OCO4)OCO2. The van der Waals surface area contributed by atoms with Crippen molar-refractivity contribution < 1.29 is 18.9 Å². The molecule has 150 valence electrons. The van der Waals surface area contributed by atoms with Crippen molar-refractivity contribution >= 4 is 10.8 Å². The summed E-state index contributed by atoms with van der Waals surface area (Å²) in [6.07, 6.45) is 5.10. The van der Waals surface area contributed by atoms with Gasteiger partial charge in [0, 0.05) is 17.1 Å². The molecule has 3 heterocycles. The van der Waals surface area contributed by atoms with Crippen molar-refractivity contribution in [2.45, 2.75) is 19.3 Å². The molecule has 29 heavy (non-hydrogen) atoms. The first-order chi connectivity index (χ1) is 14.2. The van der Waals surface area contributed by atoms with E-state index in [1.54, 1.807) is 0 Å². The molecule has 2 aliphatic heterocycles. The molecular formula is C23H24N2O4. The first-order valence-corrected chi connectivity index (χ1v) is 9.95. The number of aryl methyl sites for hydroxylation is 1. The smallest absolute Gasteiger partial charge is 0.231 e. The zero-order chi connectivity index (χ0) is 19.8. The van der Waals surface area contributed by atoms with Gasteiger partial charge in [0.25, 0.3) is 0 Å². The van der Waals surface area contributed by atoms with Crippen LogP contribution in [-0.2, 0) is 6.42 Å². The molecule has 0 saturated carbocycles. The van der Waals surface area contributed by atoms with Gasteiger partial charge in [-0.05, 0) is 75.1 Å². The lowest BCUT2D eigenvalue weighted by Gasteiger charge is -2.13. The Bertz CT molecular complexity index is 1060. The highest BCUT2D eigenvalue weighted by molar-refractivity contribution is 5.93. The monoisotopic (exact) mass is 392 g/mol. The number of hydrogen-bond acceptors (Lipinski definition) is 6. The molecule has 1 aromatic heterocycles. The van der Waals surface area contributed by atoms with Gasteiger partial charge < -0.3 is 23.8 Å². The Kier molecular flexibility index (Phi) is 4.64. The molecular weight excluding hydrogens is 368 g/mol. The quantitative estimate of drug-likeness (QED) is 0.585. The number of pyridine rings is 1. The minimum atomic E-state index is 0.259. The maximum Gasteiger partial charge on any atom is 0.231 e. The topological polar surface area (TPSA) is 53.1 Å². The maximum atomic E-state index is 5.63. The van der Waals surface area contributed by atoms with Crippen molar-refractivity contribution in [3.8, 4) is 34.3 Å². The number of hydrogen-bond donors (Lipinski definition) is 0. The van der Waals surface area contributed by atoms with Crippen LogP contribution < -0.4 is 18.9 Å². The zero-order valence-electron chi connectivity index (χ0n) is 16.7. The number of unbranched alkanes of at least 4 members (excludes halogenated alkanes) is 1. The molecule has 3 aromatic rings. The second kappa shape index (κ2) is 7.44. The van der Waals surface area contributed by atoms with Crippen molar-refractivity contribution in [1.29, 1.82) is 0 Å². The van der Waals surface area contributed by atoms with Gasteiger partial charge in [0.2, 0.25) is 13.6 Å². The van der Waals surface area contributed by atoms with Crippen molar-refractivity contribution in [2.24, 2.45) is 0 Å². The van der Waals surface area contributed by atoms with E-state index in [9.17, 15) is 0 Å². The fraction of sp³-hybridized carbons (Fsp3) is 0.348. The highest BCUT2D eigenvalue weighted by Crippen LogP contribution is 2.42. The van der Waals surface area contributed by atoms with Crippen molar-refractivity contribution in [1.82, 2.24) is 9.88 Å². The summed E-state index contributed by atoms with van der Waals surface area (Å²) >= 11 is 0. The normalized spacial score (nSPS) is 14.2. The van der Waals surface area contributed by atoms with Gasteiger partial charge in [-0.2, -0.15) is 0 Å². The zero-order valence-corrected chi connectivity index (χ0v) is 16.7. The summed E-state index contributed by atoms with van der Waals surface area (Å²) in [7, 11) is 4.22. The lowest BCUT2D eigenvalue weighted by molar-refractivity contribution is 0.174. The molecule has 6 heteroatoms. The molecule has 0 amide bonds. The largest absolute Gasteiger partial charge is 0.454 e. The van der Waals surface area contributed by atoms with Crippen LogP contribution >= 0.6 is 0 Å². The van der Waals surface area contributed by atoms with Crippen LogP contribution in [0.3, 0.4) is 0 Å². The first-order valence-electron chi connectivity index (χ1n) is 9.95. The van der Waals surface area contributed by atoms with Crippen LogP contribution in [0, 0.1) is 0 Å². The molecule has 0 aliphatic carbocycles. The first kappa shape index (κ1) is 18.1. The summed E-state index contributed by atoms with van der Waals surface area (Å²) in [6, 6.07) is 10.3. The molecule has 2 aliphatic rings. The highest BCUT2D eigenvalue weighted by atomic mass is 16.7. The van der Waals surface area contributed by atoms with Crippen LogP contribution in [-0.4, -0.2) is 44.1 Å². The van der Waals surface area contributed by atoms with E-state index in [1.165, 1.54) is 5.56 Å². The molecule has 5 rings (SSSR count). The summed E-state index contributed by atoms with van der Waals surface area (Å²) in [6.45, 7) is 1.62. The summed E-state index contributed by atoms with van der Waals surface area (Å²) in [5.41, 5.74) is 3.26. The Hall–Kier alpha value is -2.99. The van der Waals surface area contributed by atoms with Crippen molar-refractivity contribution in [2.75, 3.05) is 34.2 Å². The molecule has 0 unspecified atom stereocenters. The van der Waals surface area contributed by atoms with E-state index in [-0.39, 0.29) is 13.6 Å². The van der Waals surface area contributed by atoms with Gasteiger partial charge in [-0.3, -0.25) is 4.98 Å². The minimum Gasteiger partial charge on any atom is -0.454 e. The fourth-order valence-electron chi connectivity index (χ4n) is 3.91. The van der Waals surface area contributed by atoms with Crippen LogP contribution in [0.2, 0.25) is 0 Å². The van der Waals surface area contributed by atoms with Crippen LogP contribution in [0.4, 0.5) is 0 Å². The standard InChI is InChI=1S/C23H24N2O4/c1-25(2)8-4-3-5-15-10-21-22(28-13-27-21)11-17(15)19-9-16-6-7-20-23(29-14-26-20)18(16)12-24-19/h6-7,9-12H,3-5,8,13-14H2,1-2H3. The average Bonchev–Trinajstić information content (AvgIpc) is 3.38. The molecule has 6 nitrogen and oxygen atoms in total. The third-order valence-electron chi connectivity index (χ3n) is 5.41. The number of fused-ring (bicyclic) bond motifs is 4. The lowest BCUT2D eigenvalue weighted by Crippen LogP contribution is -2.12. The summed E-state index contributed by atoms with van der Waals surface area (Å²) in [4.78, 5) is 6.98. The van der Waals surface area contributed by atoms with Gasteiger partial charge in [-0.1, -0.05) is 6.07 Å². The van der Waals surface area contributed by atoms with Crippen LogP contribution in [0.25, 0.3) is 22.0 Å². The average molecular weight is 392 g/mol. The van der Waals surface area contributed by atoms with Gasteiger partial charge >= 0.3 is 0 Å². The van der Waals surface area contributed by atoms with Gasteiger partial charge in [0.15, 0.2) is 23.0 Å². The maximum absolute atomic E-state index is 5.63. The van der Waals surface area contributed by atoms with Gasteiger partial charge in [-0.15, -0.1) is 0 Å². The summed E-state index contributed by atoms with van der Waals surface area (Å²) < 4.78 is 22.3.